The molecule has 0 aromatic carbocycles. The van der Waals surface area contributed by atoms with Crippen LogP contribution in [0.2, 0.25) is 0 Å². The first-order valence-electron chi connectivity index (χ1n) is 6.98. The number of anilines is 1. The number of hydrogen-bond donors (Lipinski definition) is 1. The summed E-state index contributed by atoms with van der Waals surface area (Å²) in [6, 6.07) is 4.12. The van der Waals surface area contributed by atoms with Crippen LogP contribution in [0.4, 0.5) is 5.82 Å². The van der Waals surface area contributed by atoms with Gasteiger partial charge >= 0.3 is 0 Å². The Morgan fingerprint density at radius 2 is 2.05 bits per heavy atom. The van der Waals surface area contributed by atoms with Crippen molar-refractivity contribution in [1.29, 1.82) is 0 Å². The molecule has 1 N–H and O–H groups in total. The van der Waals surface area contributed by atoms with Crippen LogP contribution in [0.1, 0.15) is 25.7 Å². The first-order chi connectivity index (χ1) is 9.74. The molecule has 1 aliphatic carbocycles. The molecular weight excluding hydrogens is 252 g/mol. The van der Waals surface area contributed by atoms with E-state index >= 15 is 0 Å². The largest absolute Gasteiger partial charge is 0.366 e. The molecule has 3 rings (SSSR count). The van der Waals surface area contributed by atoms with Crippen LogP contribution >= 0.6 is 0 Å². The lowest BCUT2D eigenvalue weighted by Gasteiger charge is -2.12. The molecule has 2 aromatic rings. The Kier molecular flexibility index (Phi) is 3.50. The van der Waals surface area contributed by atoms with Gasteiger partial charge in [-0.2, -0.15) is 0 Å². The van der Waals surface area contributed by atoms with Gasteiger partial charge in [0.15, 0.2) is 0 Å². The second-order valence-electron chi connectivity index (χ2n) is 5.25. The summed E-state index contributed by atoms with van der Waals surface area (Å²) in [7, 11) is 1.73. The molecule has 0 bridgehead atoms. The van der Waals surface area contributed by atoms with Crippen molar-refractivity contribution in [3.05, 3.63) is 41.1 Å². The van der Waals surface area contributed by atoms with Gasteiger partial charge < -0.3 is 9.88 Å². The Labute approximate surface area is 117 Å². The van der Waals surface area contributed by atoms with Gasteiger partial charge in [0.25, 0.3) is 5.56 Å². The lowest BCUT2D eigenvalue weighted by Crippen LogP contribution is -2.18. The minimum atomic E-state index is -0.0571. The van der Waals surface area contributed by atoms with E-state index in [1.807, 2.05) is 6.07 Å². The van der Waals surface area contributed by atoms with Crippen molar-refractivity contribution < 1.29 is 0 Å². The normalized spacial score (nSPS) is 15.4. The van der Waals surface area contributed by atoms with E-state index in [1.54, 1.807) is 36.3 Å². The summed E-state index contributed by atoms with van der Waals surface area (Å²) >= 11 is 0. The van der Waals surface area contributed by atoms with Crippen LogP contribution in [-0.4, -0.2) is 20.6 Å². The van der Waals surface area contributed by atoms with Crippen LogP contribution in [0.3, 0.4) is 0 Å². The molecule has 2 heterocycles. The number of aromatic nitrogens is 3. The monoisotopic (exact) mass is 270 g/mol. The van der Waals surface area contributed by atoms with Gasteiger partial charge in [-0.25, -0.2) is 4.98 Å². The quantitative estimate of drug-likeness (QED) is 0.928. The van der Waals surface area contributed by atoms with Crippen LogP contribution in [-0.2, 0) is 7.05 Å². The molecule has 20 heavy (non-hydrogen) atoms. The van der Waals surface area contributed by atoms with Gasteiger partial charge in [0.05, 0.1) is 23.7 Å². The van der Waals surface area contributed by atoms with Crippen molar-refractivity contribution in [2.24, 2.45) is 7.05 Å². The molecule has 5 heteroatoms. The molecule has 5 nitrogen and oxygen atoms in total. The van der Waals surface area contributed by atoms with Crippen LogP contribution < -0.4 is 10.9 Å². The first kappa shape index (κ1) is 12.8. The van der Waals surface area contributed by atoms with E-state index < -0.39 is 0 Å². The molecule has 2 aromatic heterocycles. The first-order valence-corrected chi connectivity index (χ1v) is 6.98. The molecule has 0 aliphatic heterocycles. The van der Waals surface area contributed by atoms with Gasteiger partial charge in [0.2, 0.25) is 0 Å². The maximum atomic E-state index is 12.0. The Morgan fingerprint density at radius 1 is 1.25 bits per heavy atom. The molecule has 0 spiro atoms. The minimum absolute atomic E-state index is 0.0571. The summed E-state index contributed by atoms with van der Waals surface area (Å²) < 4.78 is 1.54. The number of nitrogens with one attached hydrogen (secondary N) is 1. The maximum absolute atomic E-state index is 12.0. The van der Waals surface area contributed by atoms with Gasteiger partial charge in [0.1, 0.15) is 5.82 Å². The Bertz CT molecular complexity index is 642. The van der Waals surface area contributed by atoms with Gasteiger partial charge in [-0.1, -0.05) is 12.8 Å². The molecule has 104 valence electrons. The summed E-state index contributed by atoms with van der Waals surface area (Å²) in [5, 5.41) is 3.39. The second kappa shape index (κ2) is 5.45. The topological polar surface area (TPSA) is 59.8 Å². The highest BCUT2D eigenvalue weighted by molar-refractivity contribution is 5.57. The van der Waals surface area contributed by atoms with Gasteiger partial charge in [-0.05, 0) is 25.0 Å². The van der Waals surface area contributed by atoms with Crippen LogP contribution in [0.25, 0.3) is 11.3 Å². The van der Waals surface area contributed by atoms with Crippen molar-refractivity contribution in [3.63, 3.8) is 0 Å². The molecule has 0 saturated heterocycles. The Morgan fingerprint density at radius 3 is 2.75 bits per heavy atom. The fourth-order valence-corrected chi connectivity index (χ4v) is 2.61. The minimum Gasteiger partial charge on any atom is -0.366 e. The SMILES string of the molecule is Cn1cccc(-c2cnc(NC3CCCC3)cn2)c1=O. The van der Waals surface area contributed by atoms with E-state index in [2.05, 4.69) is 15.3 Å². The zero-order chi connectivity index (χ0) is 13.9. The molecule has 0 radical (unpaired) electrons. The predicted molar refractivity (Wildman–Crippen MR) is 78.6 cm³/mol. The molecule has 0 unspecified atom stereocenters. The average Bonchev–Trinajstić information content (AvgIpc) is 2.96. The summed E-state index contributed by atoms with van der Waals surface area (Å²) in [6.45, 7) is 0. The van der Waals surface area contributed by atoms with Crippen molar-refractivity contribution >= 4 is 5.82 Å². The van der Waals surface area contributed by atoms with E-state index in [1.165, 1.54) is 25.7 Å². The average molecular weight is 270 g/mol. The highest BCUT2D eigenvalue weighted by atomic mass is 16.1. The van der Waals surface area contributed by atoms with Gasteiger partial charge in [-0.3, -0.25) is 9.78 Å². The van der Waals surface area contributed by atoms with E-state index in [4.69, 9.17) is 0 Å². The molecular formula is C15H18N4O. The zero-order valence-electron chi connectivity index (χ0n) is 11.5. The standard InChI is InChI=1S/C15H18N4O/c1-19-8-4-7-12(15(19)20)13-9-17-14(10-16-13)18-11-5-2-3-6-11/h4,7-11H,2-3,5-6H2,1H3,(H,17,18). The zero-order valence-corrected chi connectivity index (χ0v) is 11.5. The summed E-state index contributed by atoms with van der Waals surface area (Å²) in [6.07, 6.45) is 10.1. The lowest BCUT2D eigenvalue weighted by atomic mass is 10.2. The van der Waals surface area contributed by atoms with Crippen molar-refractivity contribution in [2.75, 3.05) is 5.32 Å². The predicted octanol–water partition coefficient (Wildman–Crippen LogP) is 2.20. The second-order valence-corrected chi connectivity index (χ2v) is 5.25. The summed E-state index contributed by atoms with van der Waals surface area (Å²) in [5.74, 6) is 0.786. The van der Waals surface area contributed by atoms with E-state index in [-0.39, 0.29) is 5.56 Å². The molecule has 0 atom stereocenters. The fourth-order valence-electron chi connectivity index (χ4n) is 2.61. The molecule has 0 amide bonds. The number of hydrogen-bond acceptors (Lipinski definition) is 4. The van der Waals surface area contributed by atoms with Gasteiger partial charge in [0, 0.05) is 19.3 Å². The molecule has 1 aliphatic rings. The van der Waals surface area contributed by atoms with Crippen molar-refractivity contribution in [1.82, 2.24) is 14.5 Å². The Balaban J connectivity index is 1.82. The number of rotatable bonds is 3. The number of nitrogens with zero attached hydrogens (tertiary/aromatic N) is 3. The lowest BCUT2D eigenvalue weighted by molar-refractivity contribution is 0.749. The summed E-state index contributed by atoms with van der Waals surface area (Å²) in [5.41, 5.74) is 1.14. The number of pyridine rings is 1. The van der Waals surface area contributed by atoms with E-state index in [0.717, 1.165) is 5.82 Å². The number of aryl methyl sites for hydroxylation is 1. The van der Waals surface area contributed by atoms with Crippen LogP contribution in [0, 0.1) is 0 Å². The smallest absolute Gasteiger partial charge is 0.259 e. The molecule has 1 saturated carbocycles. The highest BCUT2D eigenvalue weighted by Crippen LogP contribution is 2.21. The van der Waals surface area contributed by atoms with Crippen LogP contribution in [0.15, 0.2) is 35.5 Å². The third-order valence-electron chi connectivity index (χ3n) is 3.76. The summed E-state index contributed by atoms with van der Waals surface area (Å²) in [4.78, 5) is 20.7. The van der Waals surface area contributed by atoms with Crippen LogP contribution in [0.5, 0.6) is 0 Å². The van der Waals surface area contributed by atoms with E-state index in [0.29, 0.717) is 17.3 Å². The van der Waals surface area contributed by atoms with Crippen molar-refractivity contribution in [2.45, 2.75) is 31.7 Å². The highest BCUT2D eigenvalue weighted by Gasteiger charge is 2.15. The third kappa shape index (κ3) is 2.57. The van der Waals surface area contributed by atoms with E-state index in [9.17, 15) is 4.79 Å². The third-order valence-corrected chi connectivity index (χ3v) is 3.76. The Hall–Kier alpha value is -2.17. The van der Waals surface area contributed by atoms with Crippen molar-refractivity contribution in [3.8, 4) is 11.3 Å². The molecule has 1 fully saturated rings. The van der Waals surface area contributed by atoms with Gasteiger partial charge in [-0.15, -0.1) is 0 Å². The maximum Gasteiger partial charge on any atom is 0.259 e. The fraction of sp³-hybridized carbons (Fsp3) is 0.400.